The van der Waals surface area contributed by atoms with Gasteiger partial charge in [-0.05, 0) is 12.1 Å². The zero-order valence-corrected chi connectivity index (χ0v) is 12.1. The number of halogens is 1. The molecule has 2 heterocycles. The van der Waals surface area contributed by atoms with Gasteiger partial charge in [-0.2, -0.15) is 5.10 Å². The number of aromatic nitrogens is 3. The van der Waals surface area contributed by atoms with Gasteiger partial charge >= 0.3 is 0 Å². The molecule has 2 rings (SSSR count). The van der Waals surface area contributed by atoms with E-state index in [9.17, 15) is 4.79 Å². The Morgan fingerprint density at radius 1 is 1.52 bits per heavy atom. The summed E-state index contributed by atoms with van der Waals surface area (Å²) >= 11 is 5.96. The van der Waals surface area contributed by atoms with E-state index in [4.69, 9.17) is 22.2 Å². The van der Waals surface area contributed by atoms with E-state index in [0.717, 1.165) is 0 Å². The van der Waals surface area contributed by atoms with Crippen molar-refractivity contribution < 1.29 is 9.53 Å². The Kier molecular flexibility index (Phi) is 5.09. The van der Waals surface area contributed by atoms with Crippen LogP contribution in [0.25, 0.3) is 0 Å². The number of rotatable bonds is 6. The standard InChI is InChI=1S/C12H15ClN6O2/c1-21-5-4-19-7-8(6-15-19)16-12(20)11-9(13)2-3-10(17-11)18-14/h2-3,6-7H,4-5,14H2,1H3,(H,16,20)(H,17,18). The highest BCUT2D eigenvalue weighted by Gasteiger charge is 2.14. The molecular weight excluding hydrogens is 296 g/mol. The third-order valence-electron chi connectivity index (χ3n) is 2.62. The Morgan fingerprint density at radius 3 is 3.05 bits per heavy atom. The first-order valence-corrected chi connectivity index (χ1v) is 6.47. The summed E-state index contributed by atoms with van der Waals surface area (Å²) in [5.41, 5.74) is 2.98. The lowest BCUT2D eigenvalue weighted by atomic mass is 10.3. The van der Waals surface area contributed by atoms with Crippen molar-refractivity contribution in [3.63, 3.8) is 0 Å². The minimum Gasteiger partial charge on any atom is -0.383 e. The molecule has 0 saturated carbocycles. The molecule has 4 N–H and O–H groups in total. The van der Waals surface area contributed by atoms with Crippen molar-refractivity contribution in [2.24, 2.45) is 5.84 Å². The van der Waals surface area contributed by atoms with Crippen LogP contribution in [0.5, 0.6) is 0 Å². The molecule has 21 heavy (non-hydrogen) atoms. The molecule has 8 nitrogen and oxygen atoms in total. The predicted molar refractivity (Wildman–Crippen MR) is 79.1 cm³/mol. The van der Waals surface area contributed by atoms with Crippen LogP contribution in [0.15, 0.2) is 24.5 Å². The van der Waals surface area contributed by atoms with Crippen molar-refractivity contribution in [3.8, 4) is 0 Å². The molecule has 0 atom stereocenters. The number of hydrazine groups is 1. The lowest BCUT2D eigenvalue weighted by molar-refractivity contribution is 0.102. The first-order chi connectivity index (χ1) is 10.1. The van der Waals surface area contributed by atoms with Crippen LogP contribution in [-0.2, 0) is 11.3 Å². The van der Waals surface area contributed by atoms with Gasteiger partial charge in [-0.1, -0.05) is 11.6 Å². The zero-order chi connectivity index (χ0) is 15.2. The number of pyridine rings is 1. The number of nitrogens with two attached hydrogens (primary N) is 1. The van der Waals surface area contributed by atoms with Gasteiger partial charge in [0.2, 0.25) is 0 Å². The molecule has 0 unspecified atom stereocenters. The van der Waals surface area contributed by atoms with Crippen LogP contribution >= 0.6 is 11.6 Å². The molecule has 0 saturated heterocycles. The number of nitrogen functional groups attached to an aromatic ring is 1. The first-order valence-electron chi connectivity index (χ1n) is 6.10. The van der Waals surface area contributed by atoms with E-state index in [1.54, 1.807) is 30.1 Å². The first kappa shape index (κ1) is 15.2. The normalized spacial score (nSPS) is 10.4. The van der Waals surface area contributed by atoms with E-state index in [0.29, 0.717) is 24.7 Å². The summed E-state index contributed by atoms with van der Waals surface area (Å²) in [4.78, 5) is 16.2. The molecule has 1 amide bonds. The van der Waals surface area contributed by atoms with Crippen LogP contribution in [0, 0.1) is 0 Å². The second kappa shape index (κ2) is 7.02. The summed E-state index contributed by atoms with van der Waals surface area (Å²) in [5, 5.41) is 7.00. The second-order valence-corrected chi connectivity index (χ2v) is 4.52. The van der Waals surface area contributed by atoms with Crippen molar-refractivity contribution in [1.82, 2.24) is 14.8 Å². The Labute approximate surface area is 126 Å². The Balaban J connectivity index is 2.09. The third-order valence-corrected chi connectivity index (χ3v) is 2.93. The van der Waals surface area contributed by atoms with Gasteiger partial charge in [0.1, 0.15) is 11.5 Å². The summed E-state index contributed by atoms with van der Waals surface area (Å²) in [5.74, 6) is 5.17. The number of nitrogens with one attached hydrogen (secondary N) is 2. The molecule has 0 aliphatic heterocycles. The van der Waals surface area contributed by atoms with Gasteiger partial charge < -0.3 is 15.5 Å². The summed E-state index contributed by atoms with van der Waals surface area (Å²) in [6.45, 7) is 1.13. The number of carbonyl (C=O) groups is 1. The van der Waals surface area contributed by atoms with E-state index in [1.165, 1.54) is 6.20 Å². The second-order valence-electron chi connectivity index (χ2n) is 4.11. The maximum atomic E-state index is 12.1. The fourth-order valence-corrected chi connectivity index (χ4v) is 1.80. The van der Waals surface area contributed by atoms with Gasteiger partial charge in [0.25, 0.3) is 5.91 Å². The number of methoxy groups -OCH3 is 1. The quantitative estimate of drug-likeness (QED) is 0.545. The van der Waals surface area contributed by atoms with Crippen molar-refractivity contribution in [2.45, 2.75) is 6.54 Å². The zero-order valence-electron chi connectivity index (χ0n) is 11.3. The molecule has 0 fully saturated rings. The molecule has 0 spiro atoms. The van der Waals surface area contributed by atoms with Crippen molar-refractivity contribution >= 4 is 29.0 Å². The summed E-state index contributed by atoms with van der Waals surface area (Å²) in [6.07, 6.45) is 3.22. The highest BCUT2D eigenvalue weighted by molar-refractivity contribution is 6.34. The maximum Gasteiger partial charge on any atom is 0.275 e. The molecule has 0 radical (unpaired) electrons. The van der Waals surface area contributed by atoms with Crippen LogP contribution in [0.1, 0.15) is 10.5 Å². The van der Waals surface area contributed by atoms with Gasteiger partial charge in [0.05, 0.1) is 30.1 Å². The van der Waals surface area contributed by atoms with Crippen LogP contribution in [0.4, 0.5) is 11.5 Å². The van der Waals surface area contributed by atoms with Gasteiger partial charge in [0.15, 0.2) is 0 Å². The molecule has 0 bridgehead atoms. The largest absolute Gasteiger partial charge is 0.383 e. The average Bonchev–Trinajstić information content (AvgIpc) is 2.93. The highest BCUT2D eigenvalue weighted by Crippen LogP contribution is 2.18. The van der Waals surface area contributed by atoms with E-state index < -0.39 is 5.91 Å². The fourth-order valence-electron chi connectivity index (χ4n) is 1.61. The van der Waals surface area contributed by atoms with E-state index in [-0.39, 0.29) is 10.7 Å². The number of hydrogen-bond donors (Lipinski definition) is 3. The molecule has 0 aliphatic carbocycles. The lowest BCUT2D eigenvalue weighted by Gasteiger charge is -2.06. The van der Waals surface area contributed by atoms with Crippen LogP contribution < -0.4 is 16.6 Å². The number of hydrogen-bond acceptors (Lipinski definition) is 6. The SMILES string of the molecule is COCCn1cc(NC(=O)c2nc(NN)ccc2Cl)cn1. The molecular formula is C12H15ClN6O2. The Hall–Kier alpha value is -2.16. The molecule has 112 valence electrons. The topological polar surface area (TPSA) is 107 Å². The average molecular weight is 311 g/mol. The minimum absolute atomic E-state index is 0.0803. The number of nitrogens with zero attached hydrogens (tertiary/aromatic N) is 3. The van der Waals surface area contributed by atoms with Crippen LogP contribution in [0.3, 0.4) is 0 Å². The molecule has 0 aromatic carbocycles. The van der Waals surface area contributed by atoms with Crippen molar-refractivity contribution in [2.75, 3.05) is 24.5 Å². The molecule has 0 aliphatic rings. The van der Waals surface area contributed by atoms with Crippen LogP contribution in [0.2, 0.25) is 5.02 Å². The third kappa shape index (κ3) is 3.91. The maximum absolute atomic E-state index is 12.1. The van der Waals surface area contributed by atoms with Crippen molar-refractivity contribution in [1.29, 1.82) is 0 Å². The highest BCUT2D eigenvalue weighted by atomic mass is 35.5. The lowest BCUT2D eigenvalue weighted by Crippen LogP contribution is -2.16. The molecule has 9 heteroatoms. The van der Waals surface area contributed by atoms with Gasteiger partial charge in [-0.3, -0.25) is 9.48 Å². The number of amides is 1. The molecule has 2 aromatic heterocycles. The monoisotopic (exact) mass is 310 g/mol. The van der Waals surface area contributed by atoms with Crippen molar-refractivity contribution in [3.05, 3.63) is 35.2 Å². The van der Waals surface area contributed by atoms with Gasteiger partial charge in [-0.15, -0.1) is 0 Å². The van der Waals surface area contributed by atoms with E-state index in [1.807, 2.05) is 0 Å². The number of anilines is 2. The minimum atomic E-state index is -0.441. The number of carbonyl (C=O) groups excluding carboxylic acids is 1. The van der Waals surface area contributed by atoms with Crippen LogP contribution in [-0.4, -0.2) is 34.4 Å². The van der Waals surface area contributed by atoms with E-state index >= 15 is 0 Å². The van der Waals surface area contributed by atoms with E-state index in [2.05, 4.69) is 20.8 Å². The molecule has 2 aromatic rings. The Bertz CT molecular complexity index is 630. The summed E-state index contributed by atoms with van der Waals surface area (Å²) in [6, 6.07) is 3.11. The Morgan fingerprint density at radius 2 is 2.33 bits per heavy atom. The number of ether oxygens (including phenoxy) is 1. The summed E-state index contributed by atoms with van der Waals surface area (Å²) < 4.78 is 6.61. The predicted octanol–water partition coefficient (Wildman–Crippen LogP) is 1.12. The van der Waals surface area contributed by atoms with Gasteiger partial charge in [0, 0.05) is 13.3 Å². The summed E-state index contributed by atoms with van der Waals surface area (Å²) in [7, 11) is 1.61. The fraction of sp³-hybridized carbons (Fsp3) is 0.250. The van der Waals surface area contributed by atoms with Gasteiger partial charge in [-0.25, -0.2) is 10.8 Å². The smallest absolute Gasteiger partial charge is 0.275 e.